The average Bonchev–Trinajstić information content (AvgIpc) is 2.42. The zero-order valence-electron chi connectivity index (χ0n) is 11.0. The number of anilines is 2. The molecular formula is C14H12Br2ClN3O. The van der Waals surface area contributed by atoms with Gasteiger partial charge in [0.25, 0.3) is 5.91 Å². The number of hydrazine groups is 1. The summed E-state index contributed by atoms with van der Waals surface area (Å²) in [6.45, 7) is 1.97. The number of hydrogen-bond acceptors (Lipinski definition) is 3. The van der Waals surface area contributed by atoms with E-state index in [0.29, 0.717) is 22.0 Å². The van der Waals surface area contributed by atoms with Gasteiger partial charge in [-0.1, -0.05) is 11.6 Å². The van der Waals surface area contributed by atoms with Gasteiger partial charge in [0, 0.05) is 14.0 Å². The summed E-state index contributed by atoms with van der Waals surface area (Å²) in [6.07, 6.45) is 0. The number of benzene rings is 2. The van der Waals surface area contributed by atoms with Crippen molar-refractivity contribution in [3.8, 4) is 0 Å². The Hall–Kier alpha value is -1.08. The van der Waals surface area contributed by atoms with Crippen LogP contribution in [0, 0.1) is 6.92 Å². The van der Waals surface area contributed by atoms with Crippen LogP contribution in [0.2, 0.25) is 5.02 Å². The van der Waals surface area contributed by atoms with Gasteiger partial charge in [-0.15, -0.1) is 0 Å². The number of halogens is 3. The molecule has 0 unspecified atom stereocenters. The predicted molar refractivity (Wildman–Crippen MR) is 93.8 cm³/mol. The highest BCUT2D eigenvalue weighted by atomic mass is 79.9. The molecule has 0 aromatic heterocycles. The monoisotopic (exact) mass is 431 g/mol. The number of carbonyl (C=O) groups excluding carboxylic acids is 1. The van der Waals surface area contributed by atoms with Crippen molar-refractivity contribution in [2.24, 2.45) is 5.84 Å². The smallest absolute Gasteiger partial charge is 0.257 e. The fourth-order valence-electron chi connectivity index (χ4n) is 1.83. The van der Waals surface area contributed by atoms with E-state index < -0.39 is 0 Å². The van der Waals surface area contributed by atoms with Gasteiger partial charge in [-0.25, -0.2) is 0 Å². The minimum Gasteiger partial charge on any atom is -0.323 e. The van der Waals surface area contributed by atoms with Gasteiger partial charge < -0.3 is 10.7 Å². The van der Waals surface area contributed by atoms with E-state index in [1.807, 2.05) is 19.1 Å². The molecule has 0 saturated carbocycles. The standard InChI is InChI=1S/C14H12Br2ClN3O/c1-7-4-10(15)13(11(16)5-7)19-14(21)9-6-8(17)2-3-12(9)20-18/h2-6,20H,18H2,1H3,(H,19,21). The maximum absolute atomic E-state index is 12.4. The lowest BCUT2D eigenvalue weighted by atomic mass is 10.1. The van der Waals surface area contributed by atoms with Gasteiger partial charge in [0.05, 0.1) is 16.9 Å². The Balaban J connectivity index is 2.37. The number of nitrogens with one attached hydrogen (secondary N) is 2. The minimum atomic E-state index is -0.310. The molecule has 1 amide bonds. The molecule has 7 heteroatoms. The number of rotatable bonds is 3. The predicted octanol–water partition coefficient (Wildman–Crippen LogP) is 4.71. The normalized spacial score (nSPS) is 10.3. The van der Waals surface area contributed by atoms with E-state index in [9.17, 15) is 4.79 Å². The number of aryl methyl sites for hydroxylation is 1. The van der Waals surface area contributed by atoms with Crippen LogP contribution in [0.15, 0.2) is 39.3 Å². The van der Waals surface area contributed by atoms with E-state index in [-0.39, 0.29) is 5.91 Å². The third-order valence-corrected chi connectivity index (χ3v) is 4.29. The Kier molecular flexibility index (Phi) is 5.27. The van der Waals surface area contributed by atoms with E-state index in [1.54, 1.807) is 18.2 Å². The molecule has 0 aliphatic carbocycles. The molecular weight excluding hydrogens is 421 g/mol. The summed E-state index contributed by atoms with van der Waals surface area (Å²) in [7, 11) is 0. The van der Waals surface area contributed by atoms with Crippen molar-refractivity contribution in [2.75, 3.05) is 10.7 Å². The summed E-state index contributed by atoms with van der Waals surface area (Å²) >= 11 is 12.8. The van der Waals surface area contributed by atoms with Crippen LogP contribution >= 0.6 is 43.5 Å². The molecule has 4 N–H and O–H groups in total. The quantitative estimate of drug-likeness (QED) is 0.485. The summed E-state index contributed by atoms with van der Waals surface area (Å²) < 4.78 is 1.57. The molecule has 0 bridgehead atoms. The molecule has 21 heavy (non-hydrogen) atoms. The first kappa shape index (κ1) is 16.3. The molecule has 0 aliphatic heterocycles. The van der Waals surface area contributed by atoms with Crippen LogP contribution in [0.4, 0.5) is 11.4 Å². The van der Waals surface area contributed by atoms with Crippen LogP contribution in [0.5, 0.6) is 0 Å². The molecule has 0 radical (unpaired) electrons. The first-order valence-electron chi connectivity index (χ1n) is 5.95. The summed E-state index contributed by atoms with van der Waals surface area (Å²) in [4.78, 5) is 12.4. The van der Waals surface area contributed by atoms with Crippen molar-refractivity contribution in [3.05, 3.63) is 55.4 Å². The van der Waals surface area contributed by atoms with Crippen LogP contribution in [0.1, 0.15) is 15.9 Å². The highest BCUT2D eigenvalue weighted by molar-refractivity contribution is 9.11. The Morgan fingerprint density at radius 2 is 1.81 bits per heavy atom. The second kappa shape index (κ2) is 6.79. The van der Waals surface area contributed by atoms with E-state index in [1.165, 1.54) is 0 Å². The van der Waals surface area contributed by atoms with Crippen LogP contribution in [-0.4, -0.2) is 5.91 Å². The van der Waals surface area contributed by atoms with E-state index >= 15 is 0 Å². The molecule has 4 nitrogen and oxygen atoms in total. The second-order valence-electron chi connectivity index (χ2n) is 4.39. The van der Waals surface area contributed by atoms with Gasteiger partial charge in [-0.05, 0) is 74.7 Å². The maximum Gasteiger partial charge on any atom is 0.257 e. The molecule has 0 heterocycles. The van der Waals surface area contributed by atoms with Crippen molar-refractivity contribution in [2.45, 2.75) is 6.92 Å². The topological polar surface area (TPSA) is 67.2 Å². The molecule has 0 fully saturated rings. The number of hydrogen-bond donors (Lipinski definition) is 3. The molecule has 2 aromatic rings. The van der Waals surface area contributed by atoms with Gasteiger partial charge in [0.15, 0.2) is 0 Å². The van der Waals surface area contributed by atoms with Crippen molar-refractivity contribution in [1.29, 1.82) is 0 Å². The molecule has 2 aromatic carbocycles. The molecule has 110 valence electrons. The van der Waals surface area contributed by atoms with Crippen LogP contribution < -0.4 is 16.6 Å². The van der Waals surface area contributed by atoms with Crippen molar-refractivity contribution < 1.29 is 4.79 Å². The SMILES string of the molecule is Cc1cc(Br)c(NC(=O)c2cc(Cl)ccc2NN)c(Br)c1. The van der Waals surface area contributed by atoms with E-state index in [4.69, 9.17) is 17.4 Å². The second-order valence-corrected chi connectivity index (χ2v) is 6.54. The summed E-state index contributed by atoms with van der Waals surface area (Å²) in [5.74, 6) is 5.11. The van der Waals surface area contributed by atoms with Crippen LogP contribution in [0.3, 0.4) is 0 Å². The van der Waals surface area contributed by atoms with Crippen LogP contribution in [-0.2, 0) is 0 Å². The number of carbonyl (C=O) groups is 1. The fourth-order valence-corrected chi connectivity index (χ4v) is 3.62. The summed E-state index contributed by atoms with van der Waals surface area (Å²) in [6, 6.07) is 8.70. The Morgan fingerprint density at radius 1 is 1.19 bits per heavy atom. The largest absolute Gasteiger partial charge is 0.323 e. The van der Waals surface area contributed by atoms with Crippen LogP contribution in [0.25, 0.3) is 0 Å². The van der Waals surface area contributed by atoms with E-state index in [0.717, 1.165) is 14.5 Å². The molecule has 0 saturated heterocycles. The number of amides is 1. The molecule has 2 rings (SSSR count). The van der Waals surface area contributed by atoms with Crippen molar-refractivity contribution in [1.82, 2.24) is 0 Å². The average molecular weight is 434 g/mol. The Morgan fingerprint density at radius 3 is 2.38 bits per heavy atom. The lowest BCUT2D eigenvalue weighted by Gasteiger charge is -2.13. The Bertz CT molecular complexity index is 684. The van der Waals surface area contributed by atoms with Gasteiger partial charge in [0.1, 0.15) is 0 Å². The molecule has 0 atom stereocenters. The number of nitrogen functional groups attached to an aromatic ring is 1. The minimum absolute atomic E-state index is 0.310. The maximum atomic E-state index is 12.4. The third-order valence-electron chi connectivity index (χ3n) is 2.81. The highest BCUT2D eigenvalue weighted by Crippen LogP contribution is 2.33. The first-order chi connectivity index (χ1) is 9.92. The fraction of sp³-hybridized carbons (Fsp3) is 0.0714. The van der Waals surface area contributed by atoms with E-state index in [2.05, 4.69) is 42.6 Å². The third kappa shape index (κ3) is 3.77. The van der Waals surface area contributed by atoms with Crippen molar-refractivity contribution in [3.63, 3.8) is 0 Å². The lowest BCUT2D eigenvalue weighted by Crippen LogP contribution is -2.17. The van der Waals surface area contributed by atoms with Gasteiger partial charge in [-0.2, -0.15) is 0 Å². The lowest BCUT2D eigenvalue weighted by molar-refractivity contribution is 0.102. The highest BCUT2D eigenvalue weighted by Gasteiger charge is 2.15. The number of nitrogens with two attached hydrogens (primary N) is 1. The molecule has 0 aliphatic rings. The van der Waals surface area contributed by atoms with Crippen molar-refractivity contribution >= 4 is 60.7 Å². The first-order valence-corrected chi connectivity index (χ1v) is 7.92. The zero-order valence-corrected chi connectivity index (χ0v) is 14.9. The van der Waals surface area contributed by atoms with Gasteiger partial charge in [0.2, 0.25) is 0 Å². The Labute approximate surface area is 144 Å². The van der Waals surface area contributed by atoms with Gasteiger partial charge >= 0.3 is 0 Å². The zero-order chi connectivity index (χ0) is 15.6. The molecule has 0 spiro atoms. The summed E-state index contributed by atoms with van der Waals surface area (Å²) in [5.41, 5.74) is 5.06. The summed E-state index contributed by atoms with van der Waals surface area (Å²) in [5, 5.41) is 3.30. The van der Waals surface area contributed by atoms with Gasteiger partial charge in [-0.3, -0.25) is 10.6 Å².